The van der Waals surface area contributed by atoms with Crippen LogP contribution in [0.1, 0.15) is 5.69 Å². The van der Waals surface area contributed by atoms with Crippen LogP contribution >= 0.6 is 0 Å². The van der Waals surface area contributed by atoms with Crippen molar-refractivity contribution < 1.29 is 9.50 Å². The molecule has 1 heterocycles. The summed E-state index contributed by atoms with van der Waals surface area (Å²) in [6.45, 7) is 0. The second-order valence-electron chi connectivity index (χ2n) is 4.35. The summed E-state index contributed by atoms with van der Waals surface area (Å²) >= 11 is 0. The average molecular weight is 264 g/mol. The first-order valence-corrected chi connectivity index (χ1v) is 5.98. The summed E-state index contributed by atoms with van der Waals surface area (Å²) in [5, 5.41) is 19.9. The summed E-state index contributed by atoms with van der Waals surface area (Å²) in [6, 6.07) is 14.9. The van der Waals surface area contributed by atoms with Crippen LogP contribution < -0.4 is 0 Å². The van der Waals surface area contributed by atoms with Crippen LogP contribution in [-0.2, 0) is 0 Å². The standard InChI is InChI=1S/C16H9FN2O/c17-11-5-6-12(16(20)8-11)13-7-10-3-1-2-4-14(10)19-15(13)9-18/h1-8,20H. The molecule has 3 rings (SSSR count). The number of phenolic OH excluding ortho intramolecular Hbond substituents is 1. The molecule has 1 N–H and O–H groups in total. The smallest absolute Gasteiger partial charge is 0.149 e. The van der Waals surface area contributed by atoms with Crippen molar-refractivity contribution in [3.05, 3.63) is 60.0 Å². The number of benzene rings is 2. The Morgan fingerprint density at radius 3 is 2.60 bits per heavy atom. The highest BCUT2D eigenvalue weighted by molar-refractivity contribution is 5.87. The van der Waals surface area contributed by atoms with Crippen LogP contribution in [0.3, 0.4) is 0 Å². The topological polar surface area (TPSA) is 56.9 Å². The lowest BCUT2D eigenvalue weighted by molar-refractivity contribution is 0.471. The van der Waals surface area contributed by atoms with Gasteiger partial charge in [0.1, 0.15) is 23.3 Å². The molecule has 20 heavy (non-hydrogen) atoms. The van der Waals surface area contributed by atoms with Crippen LogP contribution in [0.2, 0.25) is 0 Å². The van der Waals surface area contributed by atoms with E-state index in [0.29, 0.717) is 16.6 Å². The molecule has 0 fully saturated rings. The highest BCUT2D eigenvalue weighted by Gasteiger charge is 2.12. The van der Waals surface area contributed by atoms with Gasteiger partial charge in [-0.05, 0) is 24.3 Å². The van der Waals surface area contributed by atoms with Crippen LogP contribution in [0.25, 0.3) is 22.0 Å². The molecule has 3 nitrogen and oxygen atoms in total. The predicted molar refractivity (Wildman–Crippen MR) is 73.5 cm³/mol. The summed E-state index contributed by atoms with van der Waals surface area (Å²) in [5.41, 5.74) is 1.78. The van der Waals surface area contributed by atoms with Gasteiger partial charge in [-0.15, -0.1) is 0 Å². The van der Waals surface area contributed by atoms with E-state index in [0.717, 1.165) is 11.5 Å². The monoisotopic (exact) mass is 264 g/mol. The van der Waals surface area contributed by atoms with E-state index in [1.165, 1.54) is 12.1 Å². The molecule has 0 aliphatic heterocycles. The molecule has 96 valence electrons. The Balaban J connectivity index is 2.32. The van der Waals surface area contributed by atoms with Crippen molar-refractivity contribution in [3.8, 4) is 22.9 Å². The molecule has 0 radical (unpaired) electrons. The van der Waals surface area contributed by atoms with Crippen molar-refractivity contribution in [2.45, 2.75) is 0 Å². The molecular weight excluding hydrogens is 255 g/mol. The molecule has 0 unspecified atom stereocenters. The third-order valence-corrected chi connectivity index (χ3v) is 3.08. The Morgan fingerprint density at radius 2 is 1.85 bits per heavy atom. The Labute approximate surface area is 114 Å². The number of para-hydroxylation sites is 1. The first kappa shape index (κ1) is 12.1. The number of phenols is 1. The average Bonchev–Trinajstić information content (AvgIpc) is 2.46. The number of rotatable bonds is 1. The zero-order valence-electron chi connectivity index (χ0n) is 10.3. The number of nitrogens with zero attached hydrogens (tertiary/aromatic N) is 2. The van der Waals surface area contributed by atoms with Crippen LogP contribution in [-0.4, -0.2) is 10.1 Å². The van der Waals surface area contributed by atoms with Gasteiger partial charge in [-0.3, -0.25) is 0 Å². The van der Waals surface area contributed by atoms with Crippen LogP contribution in [0.4, 0.5) is 4.39 Å². The normalized spacial score (nSPS) is 10.4. The number of halogens is 1. The fourth-order valence-corrected chi connectivity index (χ4v) is 2.14. The Morgan fingerprint density at radius 1 is 1.05 bits per heavy atom. The molecule has 1 aromatic heterocycles. The van der Waals surface area contributed by atoms with Crippen molar-refractivity contribution in [2.75, 3.05) is 0 Å². The fourth-order valence-electron chi connectivity index (χ4n) is 2.14. The first-order chi connectivity index (χ1) is 9.69. The molecule has 0 aliphatic rings. The molecule has 2 aromatic carbocycles. The number of fused-ring (bicyclic) bond motifs is 1. The molecule has 3 aromatic rings. The zero-order valence-corrected chi connectivity index (χ0v) is 10.3. The number of nitriles is 1. The second-order valence-corrected chi connectivity index (χ2v) is 4.35. The molecule has 0 saturated heterocycles. The predicted octanol–water partition coefficient (Wildman–Crippen LogP) is 3.62. The van der Waals surface area contributed by atoms with Crippen LogP contribution in [0, 0.1) is 17.1 Å². The van der Waals surface area contributed by atoms with E-state index >= 15 is 0 Å². The van der Waals surface area contributed by atoms with Gasteiger partial charge in [0, 0.05) is 22.6 Å². The largest absolute Gasteiger partial charge is 0.507 e. The number of aromatic nitrogens is 1. The number of pyridine rings is 1. The summed E-state index contributed by atoms with van der Waals surface area (Å²) < 4.78 is 13.1. The van der Waals surface area contributed by atoms with Crippen molar-refractivity contribution >= 4 is 10.9 Å². The molecule has 0 amide bonds. The maximum Gasteiger partial charge on any atom is 0.149 e. The molecule has 0 spiro atoms. The van der Waals surface area contributed by atoms with E-state index in [9.17, 15) is 14.8 Å². The highest BCUT2D eigenvalue weighted by atomic mass is 19.1. The van der Waals surface area contributed by atoms with Gasteiger partial charge in [-0.2, -0.15) is 5.26 Å². The molecule has 0 aliphatic carbocycles. The Kier molecular flexibility index (Phi) is 2.81. The first-order valence-electron chi connectivity index (χ1n) is 5.98. The summed E-state index contributed by atoms with van der Waals surface area (Å²) in [4.78, 5) is 4.27. The van der Waals surface area contributed by atoms with Gasteiger partial charge in [-0.25, -0.2) is 9.37 Å². The molecule has 0 saturated carbocycles. The van der Waals surface area contributed by atoms with Crippen LogP contribution in [0.5, 0.6) is 5.75 Å². The van der Waals surface area contributed by atoms with Gasteiger partial charge in [-0.1, -0.05) is 18.2 Å². The van der Waals surface area contributed by atoms with Gasteiger partial charge in [0.2, 0.25) is 0 Å². The van der Waals surface area contributed by atoms with E-state index in [2.05, 4.69) is 4.98 Å². The summed E-state index contributed by atoms with van der Waals surface area (Å²) in [7, 11) is 0. The third kappa shape index (κ3) is 1.95. The van der Waals surface area contributed by atoms with Gasteiger partial charge in [0.15, 0.2) is 0 Å². The SMILES string of the molecule is N#Cc1nc2ccccc2cc1-c1ccc(F)cc1O. The molecular formula is C16H9FN2O. The fraction of sp³-hybridized carbons (Fsp3) is 0. The maximum absolute atomic E-state index is 13.1. The maximum atomic E-state index is 13.1. The summed E-state index contributed by atoms with van der Waals surface area (Å²) in [5.74, 6) is -0.739. The van der Waals surface area contributed by atoms with Crippen molar-refractivity contribution in [2.24, 2.45) is 0 Å². The number of hydrogen-bond acceptors (Lipinski definition) is 3. The molecule has 0 atom stereocenters. The number of hydrogen-bond donors (Lipinski definition) is 1. The van der Waals surface area contributed by atoms with Crippen LogP contribution in [0.15, 0.2) is 48.5 Å². The third-order valence-electron chi connectivity index (χ3n) is 3.08. The minimum absolute atomic E-state index is 0.200. The highest BCUT2D eigenvalue weighted by Crippen LogP contribution is 2.33. The van der Waals surface area contributed by atoms with E-state index in [-0.39, 0.29) is 11.4 Å². The van der Waals surface area contributed by atoms with E-state index < -0.39 is 5.82 Å². The minimum Gasteiger partial charge on any atom is -0.507 e. The molecule has 4 heteroatoms. The van der Waals surface area contributed by atoms with Crippen molar-refractivity contribution in [3.63, 3.8) is 0 Å². The van der Waals surface area contributed by atoms with Gasteiger partial charge >= 0.3 is 0 Å². The number of aromatic hydroxyl groups is 1. The van der Waals surface area contributed by atoms with Crippen molar-refractivity contribution in [1.82, 2.24) is 4.98 Å². The van der Waals surface area contributed by atoms with Gasteiger partial charge in [0.25, 0.3) is 0 Å². The van der Waals surface area contributed by atoms with Gasteiger partial charge in [0.05, 0.1) is 5.52 Å². The van der Waals surface area contributed by atoms with E-state index in [4.69, 9.17) is 0 Å². The lowest BCUT2D eigenvalue weighted by atomic mass is 10.0. The van der Waals surface area contributed by atoms with E-state index in [1.54, 1.807) is 6.07 Å². The summed E-state index contributed by atoms with van der Waals surface area (Å²) in [6.07, 6.45) is 0. The Bertz CT molecular complexity index is 853. The second kappa shape index (κ2) is 4.63. The minimum atomic E-state index is -0.529. The van der Waals surface area contributed by atoms with Gasteiger partial charge < -0.3 is 5.11 Å². The lowest BCUT2D eigenvalue weighted by Gasteiger charge is -2.08. The Hall–Kier alpha value is -2.93. The zero-order chi connectivity index (χ0) is 14.1. The van der Waals surface area contributed by atoms with Crippen molar-refractivity contribution in [1.29, 1.82) is 5.26 Å². The quantitative estimate of drug-likeness (QED) is 0.730. The van der Waals surface area contributed by atoms with E-state index in [1.807, 2.05) is 30.3 Å². The lowest BCUT2D eigenvalue weighted by Crippen LogP contribution is -1.91. The molecule has 0 bridgehead atoms.